The van der Waals surface area contributed by atoms with Gasteiger partial charge in [0.25, 0.3) is 0 Å². The first-order chi connectivity index (χ1) is 13.2. The van der Waals surface area contributed by atoms with Gasteiger partial charge in [-0.3, -0.25) is 9.59 Å². The summed E-state index contributed by atoms with van der Waals surface area (Å²) in [7, 11) is 0. The van der Waals surface area contributed by atoms with Crippen LogP contribution in [0.4, 0.5) is 10.1 Å². The van der Waals surface area contributed by atoms with Crippen LogP contribution in [-0.4, -0.2) is 24.9 Å². The first-order valence-corrected chi connectivity index (χ1v) is 9.67. The lowest BCUT2D eigenvalue weighted by Crippen LogP contribution is -2.34. The summed E-state index contributed by atoms with van der Waals surface area (Å²) in [5.74, 6) is -0.748. The standard InChI is InChI=1S/C23H27FN2O2/c1-23(2,3)18-6-10-20(11-7-18)26-15-17(14-21(26)27)22(28)25-13-12-16-4-8-19(24)9-5-16/h4-11,17H,12-15H2,1-3H3,(H,25,28). The van der Waals surface area contributed by atoms with Crippen molar-refractivity contribution in [1.82, 2.24) is 5.32 Å². The van der Waals surface area contributed by atoms with E-state index in [-0.39, 0.29) is 35.4 Å². The van der Waals surface area contributed by atoms with E-state index in [0.717, 1.165) is 11.3 Å². The molecule has 0 bridgehead atoms. The quantitative estimate of drug-likeness (QED) is 0.854. The van der Waals surface area contributed by atoms with Gasteiger partial charge in [-0.05, 0) is 47.2 Å². The average Bonchev–Trinajstić information content (AvgIpc) is 3.04. The molecular formula is C23H27FN2O2. The van der Waals surface area contributed by atoms with Crippen molar-refractivity contribution in [1.29, 1.82) is 0 Å². The van der Waals surface area contributed by atoms with Crippen LogP contribution in [0, 0.1) is 11.7 Å². The molecule has 4 nitrogen and oxygen atoms in total. The van der Waals surface area contributed by atoms with Crippen LogP contribution in [0.15, 0.2) is 48.5 Å². The van der Waals surface area contributed by atoms with Gasteiger partial charge in [0.2, 0.25) is 11.8 Å². The summed E-state index contributed by atoms with van der Waals surface area (Å²) < 4.78 is 12.9. The Labute approximate surface area is 165 Å². The highest BCUT2D eigenvalue weighted by Gasteiger charge is 2.35. The number of amides is 2. The number of hydrogen-bond donors (Lipinski definition) is 1. The fourth-order valence-electron chi connectivity index (χ4n) is 3.40. The van der Waals surface area contributed by atoms with Crippen molar-refractivity contribution in [2.24, 2.45) is 5.92 Å². The number of halogens is 1. The summed E-state index contributed by atoms with van der Waals surface area (Å²) in [6.07, 6.45) is 0.855. The lowest BCUT2D eigenvalue weighted by atomic mass is 9.87. The van der Waals surface area contributed by atoms with Crippen molar-refractivity contribution in [3.05, 3.63) is 65.5 Å². The third-order valence-corrected chi connectivity index (χ3v) is 5.17. The molecule has 5 heteroatoms. The summed E-state index contributed by atoms with van der Waals surface area (Å²) >= 11 is 0. The maximum Gasteiger partial charge on any atom is 0.227 e. The number of anilines is 1. The first-order valence-electron chi connectivity index (χ1n) is 9.67. The molecule has 1 atom stereocenters. The van der Waals surface area contributed by atoms with E-state index >= 15 is 0 Å². The van der Waals surface area contributed by atoms with Crippen molar-refractivity contribution < 1.29 is 14.0 Å². The van der Waals surface area contributed by atoms with Crippen LogP contribution >= 0.6 is 0 Å². The Bertz CT molecular complexity index is 838. The second-order valence-corrected chi connectivity index (χ2v) is 8.37. The number of nitrogens with zero attached hydrogens (tertiary/aromatic N) is 1. The Morgan fingerprint density at radius 1 is 1.11 bits per heavy atom. The summed E-state index contributed by atoms with van der Waals surface area (Å²) in [5.41, 5.74) is 3.06. The van der Waals surface area contributed by atoms with Gasteiger partial charge in [-0.15, -0.1) is 0 Å². The highest BCUT2D eigenvalue weighted by molar-refractivity contribution is 6.00. The summed E-state index contributed by atoms with van der Waals surface area (Å²) in [4.78, 5) is 26.5. The Balaban J connectivity index is 1.54. The molecule has 1 aliphatic heterocycles. The Kier molecular flexibility index (Phi) is 5.82. The molecule has 148 valence electrons. The highest BCUT2D eigenvalue weighted by atomic mass is 19.1. The maximum absolute atomic E-state index is 12.9. The van der Waals surface area contributed by atoms with Crippen molar-refractivity contribution in [2.45, 2.75) is 39.0 Å². The summed E-state index contributed by atoms with van der Waals surface area (Å²) in [5, 5.41) is 2.90. The lowest BCUT2D eigenvalue weighted by Gasteiger charge is -2.21. The van der Waals surface area contributed by atoms with Crippen LogP contribution in [0.2, 0.25) is 0 Å². The molecule has 0 aliphatic carbocycles. The minimum atomic E-state index is -0.344. The van der Waals surface area contributed by atoms with Crippen LogP contribution in [0.5, 0.6) is 0 Å². The van der Waals surface area contributed by atoms with E-state index in [2.05, 4.69) is 26.1 Å². The highest BCUT2D eigenvalue weighted by Crippen LogP contribution is 2.28. The molecule has 0 saturated carbocycles. The van der Waals surface area contributed by atoms with Gasteiger partial charge in [0, 0.05) is 25.2 Å². The average molecular weight is 382 g/mol. The Morgan fingerprint density at radius 3 is 2.36 bits per heavy atom. The van der Waals surface area contributed by atoms with E-state index in [0.29, 0.717) is 19.5 Å². The number of nitrogens with one attached hydrogen (secondary N) is 1. The van der Waals surface area contributed by atoms with Gasteiger partial charge in [-0.2, -0.15) is 0 Å². The first kappa shape index (κ1) is 20.1. The molecule has 2 amide bonds. The van der Waals surface area contributed by atoms with Gasteiger partial charge in [0.15, 0.2) is 0 Å². The predicted octanol–water partition coefficient (Wildman–Crippen LogP) is 3.84. The topological polar surface area (TPSA) is 49.4 Å². The van der Waals surface area contributed by atoms with Crippen molar-refractivity contribution in [3.63, 3.8) is 0 Å². The molecule has 1 aliphatic rings. The van der Waals surface area contributed by atoms with E-state index in [9.17, 15) is 14.0 Å². The second-order valence-electron chi connectivity index (χ2n) is 8.37. The molecule has 1 saturated heterocycles. The zero-order valence-corrected chi connectivity index (χ0v) is 16.7. The van der Waals surface area contributed by atoms with Gasteiger partial charge in [0.05, 0.1) is 5.92 Å². The van der Waals surface area contributed by atoms with Crippen LogP contribution in [0.1, 0.15) is 38.3 Å². The molecule has 1 heterocycles. The van der Waals surface area contributed by atoms with Crippen molar-refractivity contribution >= 4 is 17.5 Å². The second kappa shape index (κ2) is 8.13. The number of carbonyl (C=O) groups is 2. The van der Waals surface area contributed by atoms with Gasteiger partial charge in [0.1, 0.15) is 5.82 Å². The molecule has 2 aromatic rings. The molecule has 1 fully saturated rings. The fraction of sp³-hybridized carbons (Fsp3) is 0.391. The predicted molar refractivity (Wildman–Crippen MR) is 109 cm³/mol. The maximum atomic E-state index is 12.9. The zero-order chi connectivity index (χ0) is 20.3. The largest absolute Gasteiger partial charge is 0.355 e. The van der Waals surface area contributed by atoms with E-state index in [1.54, 1.807) is 17.0 Å². The van der Waals surface area contributed by atoms with Gasteiger partial charge >= 0.3 is 0 Å². The summed E-state index contributed by atoms with van der Waals surface area (Å²) in [6, 6.07) is 14.2. The van der Waals surface area contributed by atoms with Crippen molar-refractivity contribution in [3.8, 4) is 0 Å². The molecule has 28 heavy (non-hydrogen) atoms. The third-order valence-electron chi connectivity index (χ3n) is 5.17. The molecule has 2 aromatic carbocycles. The molecule has 1 unspecified atom stereocenters. The number of benzene rings is 2. The Morgan fingerprint density at radius 2 is 1.75 bits per heavy atom. The molecular weight excluding hydrogens is 355 g/mol. The monoisotopic (exact) mass is 382 g/mol. The SMILES string of the molecule is CC(C)(C)c1ccc(N2CC(C(=O)NCCc3ccc(F)cc3)CC2=O)cc1. The zero-order valence-electron chi connectivity index (χ0n) is 16.7. The van der Waals surface area contributed by atoms with E-state index in [1.807, 2.05) is 24.3 Å². The van der Waals surface area contributed by atoms with E-state index in [4.69, 9.17) is 0 Å². The Hall–Kier alpha value is -2.69. The fourth-order valence-corrected chi connectivity index (χ4v) is 3.40. The smallest absolute Gasteiger partial charge is 0.227 e. The van der Waals surface area contributed by atoms with E-state index < -0.39 is 0 Å². The minimum Gasteiger partial charge on any atom is -0.355 e. The van der Waals surface area contributed by atoms with Crippen LogP contribution in [0.25, 0.3) is 0 Å². The minimum absolute atomic E-state index is 0.0257. The van der Waals surface area contributed by atoms with Crippen LogP contribution in [0.3, 0.4) is 0 Å². The number of carbonyl (C=O) groups excluding carboxylic acids is 2. The van der Waals surface area contributed by atoms with Crippen molar-refractivity contribution in [2.75, 3.05) is 18.0 Å². The lowest BCUT2D eigenvalue weighted by molar-refractivity contribution is -0.126. The molecule has 0 aromatic heterocycles. The van der Waals surface area contributed by atoms with Crippen LogP contribution < -0.4 is 10.2 Å². The van der Waals surface area contributed by atoms with E-state index in [1.165, 1.54) is 17.7 Å². The summed E-state index contributed by atoms with van der Waals surface area (Å²) in [6.45, 7) is 7.31. The molecule has 0 spiro atoms. The normalized spacial score (nSPS) is 17.1. The molecule has 3 rings (SSSR count). The van der Waals surface area contributed by atoms with Crippen LogP contribution in [-0.2, 0) is 21.4 Å². The molecule has 1 N–H and O–H groups in total. The number of rotatable bonds is 5. The number of hydrogen-bond acceptors (Lipinski definition) is 2. The molecule has 0 radical (unpaired) electrons. The third kappa shape index (κ3) is 4.77. The van der Waals surface area contributed by atoms with Gasteiger partial charge in [-0.1, -0.05) is 45.0 Å². The van der Waals surface area contributed by atoms with Gasteiger partial charge in [-0.25, -0.2) is 4.39 Å². The van der Waals surface area contributed by atoms with Gasteiger partial charge < -0.3 is 10.2 Å².